The molecule has 1 aliphatic rings. The second-order valence-electron chi connectivity index (χ2n) is 11.2. The van der Waals surface area contributed by atoms with Crippen LogP contribution in [0.1, 0.15) is 11.3 Å². The van der Waals surface area contributed by atoms with Gasteiger partial charge in [-0.1, -0.05) is 42.5 Å². The van der Waals surface area contributed by atoms with Crippen molar-refractivity contribution in [2.45, 2.75) is 6.54 Å². The molecule has 10 rings (SSSR count). The zero-order valence-corrected chi connectivity index (χ0v) is 23.4. The molecule has 0 atom stereocenters. The summed E-state index contributed by atoms with van der Waals surface area (Å²) in [7, 11) is 0. The lowest BCUT2D eigenvalue weighted by molar-refractivity contribution is 0.592. The van der Waals surface area contributed by atoms with Crippen LogP contribution in [-0.4, -0.2) is 4.98 Å². The fourth-order valence-electron chi connectivity index (χ4n) is 6.81. The zero-order valence-electron chi connectivity index (χ0n) is 23.4. The number of aromatic nitrogens is 1. The Morgan fingerprint density at radius 1 is 0.636 bits per heavy atom. The molecule has 0 unspecified atom stereocenters. The standard InChI is InChI=1S/C38H23N3O3/c1-2-6-25-22(5-1)17-31(38-37(25)27-7-3-4-8-32(27)44-38)41(23-10-12-33-28(18-23)30-21-40-16-14-35(30)42-33)24-9-11-26-29-20-39-15-13-34(29)43-36(26)19-24/h1-19,21,39H,20H2. The van der Waals surface area contributed by atoms with E-state index < -0.39 is 0 Å². The lowest BCUT2D eigenvalue weighted by atomic mass is 10.0. The molecule has 6 nitrogen and oxygen atoms in total. The van der Waals surface area contributed by atoms with Gasteiger partial charge in [-0.05, 0) is 65.4 Å². The number of fused-ring (bicyclic) bond motifs is 11. The molecule has 208 valence electrons. The van der Waals surface area contributed by atoms with Gasteiger partial charge in [0.1, 0.15) is 28.1 Å². The van der Waals surface area contributed by atoms with E-state index in [1.807, 2.05) is 42.7 Å². The first kappa shape index (κ1) is 23.5. The van der Waals surface area contributed by atoms with E-state index in [2.05, 4.69) is 88.0 Å². The average Bonchev–Trinajstić information content (AvgIpc) is 3.76. The van der Waals surface area contributed by atoms with Crippen molar-refractivity contribution < 1.29 is 13.3 Å². The monoisotopic (exact) mass is 569 g/mol. The molecule has 9 aromatic rings. The smallest absolute Gasteiger partial charge is 0.160 e. The van der Waals surface area contributed by atoms with E-state index >= 15 is 0 Å². The molecule has 4 aromatic heterocycles. The lowest BCUT2D eigenvalue weighted by Crippen LogP contribution is -2.10. The van der Waals surface area contributed by atoms with Gasteiger partial charge >= 0.3 is 0 Å². The normalized spacial score (nSPS) is 13.0. The molecule has 0 spiro atoms. The third kappa shape index (κ3) is 3.28. The largest absolute Gasteiger partial charge is 0.456 e. The van der Waals surface area contributed by atoms with Crippen LogP contribution in [0.5, 0.6) is 0 Å². The van der Waals surface area contributed by atoms with Gasteiger partial charge in [-0.2, -0.15) is 0 Å². The highest BCUT2D eigenvalue weighted by molar-refractivity contribution is 6.23. The second-order valence-corrected chi connectivity index (χ2v) is 11.2. The Kier molecular flexibility index (Phi) is 4.68. The molecule has 5 heterocycles. The third-order valence-electron chi connectivity index (χ3n) is 8.80. The van der Waals surface area contributed by atoms with Crippen molar-refractivity contribution in [1.82, 2.24) is 10.3 Å². The summed E-state index contributed by atoms with van der Waals surface area (Å²) < 4.78 is 19.2. The molecular weight excluding hydrogens is 546 g/mol. The van der Waals surface area contributed by atoms with Gasteiger partial charge in [0.05, 0.1) is 11.4 Å². The van der Waals surface area contributed by atoms with E-state index in [0.717, 1.165) is 95.0 Å². The number of pyridine rings is 1. The summed E-state index contributed by atoms with van der Waals surface area (Å²) in [4.78, 5) is 6.64. The summed E-state index contributed by atoms with van der Waals surface area (Å²) >= 11 is 0. The predicted octanol–water partition coefficient (Wildman–Crippen LogP) is 10.3. The van der Waals surface area contributed by atoms with Crippen LogP contribution in [0.4, 0.5) is 17.1 Å². The molecule has 0 saturated carbocycles. The molecule has 0 aliphatic carbocycles. The van der Waals surface area contributed by atoms with Crippen molar-refractivity contribution in [1.29, 1.82) is 0 Å². The van der Waals surface area contributed by atoms with Crippen LogP contribution in [0, 0.1) is 0 Å². The van der Waals surface area contributed by atoms with E-state index in [9.17, 15) is 0 Å². The van der Waals surface area contributed by atoms with E-state index in [4.69, 9.17) is 13.3 Å². The maximum atomic E-state index is 6.70. The van der Waals surface area contributed by atoms with Crippen molar-refractivity contribution in [3.63, 3.8) is 0 Å². The van der Waals surface area contributed by atoms with Gasteiger partial charge in [-0.15, -0.1) is 0 Å². The summed E-state index contributed by atoms with van der Waals surface area (Å²) in [5.41, 5.74) is 8.20. The summed E-state index contributed by atoms with van der Waals surface area (Å²) in [6, 6.07) is 33.7. The quantitative estimate of drug-likeness (QED) is 0.228. The Morgan fingerprint density at radius 3 is 2.43 bits per heavy atom. The summed E-state index contributed by atoms with van der Waals surface area (Å²) in [6.07, 6.45) is 7.55. The highest BCUT2D eigenvalue weighted by Gasteiger charge is 2.24. The minimum absolute atomic E-state index is 0.741. The molecule has 0 amide bonds. The Morgan fingerprint density at radius 2 is 1.45 bits per heavy atom. The number of nitrogens with one attached hydrogen (secondary N) is 1. The number of benzene rings is 5. The number of hydrogen-bond donors (Lipinski definition) is 1. The van der Waals surface area contributed by atoms with Crippen molar-refractivity contribution in [3.05, 3.63) is 127 Å². The molecule has 5 aromatic carbocycles. The van der Waals surface area contributed by atoms with Gasteiger partial charge in [0.2, 0.25) is 0 Å². The maximum Gasteiger partial charge on any atom is 0.160 e. The van der Waals surface area contributed by atoms with Crippen molar-refractivity contribution in [2.24, 2.45) is 0 Å². The average molecular weight is 570 g/mol. The first-order valence-electron chi connectivity index (χ1n) is 14.6. The zero-order chi connectivity index (χ0) is 28.8. The summed E-state index contributed by atoms with van der Waals surface area (Å²) in [5, 5.41) is 10.9. The van der Waals surface area contributed by atoms with Crippen LogP contribution in [-0.2, 0) is 6.54 Å². The number of para-hydroxylation sites is 1. The molecule has 1 N–H and O–H groups in total. The van der Waals surface area contributed by atoms with Crippen LogP contribution in [0.25, 0.3) is 71.7 Å². The van der Waals surface area contributed by atoms with E-state index in [0.29, 0.717) is 0 Å². The van der Waals surface area contributed by atoms with E-state index in [-0.39, 0.29) is 0 Å². The highest BCUT2D eigenvalue weighted by atomic mass is 16.3. The number of furan rings is 3. The minimum atomic E-state index is 0.741. The Labute approximate surface area is 250 Å². The number of anilines is 3. The van der Waals surface area contributed by atoms with Gasteiger partial charge in [0.15, 0.2) is 5.58 Å². The SMILES string of the molecule is C1=Cc2oc3cc(N(c4ccc5oc6ccncc6c5c4)c4cc5ccccc5c5c4oc4ccccc45)ccc3c2CN1. The van der Waals surface area contributed by atoms with Crippen molar-refractivity contribution in [3.8, 4) is 0 Å². The van der Waals surface area contributed by atoms with Crippen molar-refractivity contribution >= 4 is 88.8 Å². The number of nitrogens with zero attached hydrogens (tertiary/aromatic N) is 2. The minimum Gasteiger partial charge on any atom is -0.456 e. The topological polar surface area (TPSA) is 67.6 Å². The molecule has 44 heavy (non-hydrogen) atoms. The predicted molar refractivity (Wildman–Crippen MR) is 177 cm³/mol. The van der Waals surface area contributed by atoms with Gasteiger partial charge < -0.3 is 23.5 Å². The fourth-order valence-corrected chi connectivity index (χ4v) is 6.81. The van der Waals surface area contributed by atoms with Crippen LogP contribution in [0.2, 0.25) is 0 Å². The summed E-state index contributed by atoms with van der Waals surface area (Å²) in [5.74, 6) is 0.895. The van der Waals surface area contributed by atoms with Gasteiger partial charge in [-0.3, -0.25) is 4.98 Å². The Bertz CT molecular complexity index is 2640. The lowest BCUT2D eigenvalue weighted by Gasteiger charge is -2.26. The van der Waals surface area contributed by atoms with Crippen LogP contribution in [0.15, 0.2) is 129 Å². The number of hydrogen-bond acceptors (Lipinski definition) is 6. The Balaban J connectivity index is 1.31. The van der Waals surface area contributed by atoms with Crippen LogP contribution in [0.3, 0.4) is 0 Å². The molecule has 0 radical (unpaired) electrons. The molecule has 0 saturated heterocycles. The summed E-state index contributed by atoms with van der Waals surface area (Å²) in [6.45, 7) is 0.741. The molecule has 0 fully saturated rings. The molecule has 1 aliphatic heterocycles. The number of rotatable bonds is 3. The highest BCUT2D eigenvalue weighted by Crippen LogP contribution is 2.47. The van der Waals surface area contributed by atoms with Crippen molar-refractivity contribution in [2.75, 3.05) is 4.90 Å². The van der Waals surface area contributed by atoms with E-state index in [1.54, 1.807) is 6.20 Å². The van der Waals surface area contributed by atoms with E-state index in [1.165, 1.54) is 5.56 Å². The first-order chi connectivity index (χ1) is 21.8. The molecular formula is C38H23N3O3. The third-order valence-corrected chi connectivity index (χ3v) is 8.80. The molecule has 6 heteroatoms. The molecule has 0 bridgehead atoms. The first-order valence-corrected chi connectivity index (χ1v) is 14.6. The van der Waals surface area contributed by atoms with Gasteiger partial charge in [0, 0.05) is 69.4 Å². The van der Waals surface area contributed by atoms with Gasteiger partial charge in [-0.25, -0.2) is 0 Å². The van der Waals surface area contributed by atoms with Gasteiger partial charge in [0.25, 0.3) is 0 Å². The Hall–Kier alpha value is -6.01. The van der Waals surface area contributed by atoms with Crippen LogP contribution >= 0.6 is 0 Å². The second kappa shape index (κ2) is 8.75. The van der Waals surface area contributed by atoms with Crippen LogP contribution < -0.4 is 10.2 Å². The maximum absolute atomic E-state index is 6.70. The fraction of sp³-hybridized carbons (Fsp3) is 0.0263.